The maximum absolute atomic E-state index is 8.58. The third-order valence-electron chi connectivity index (χ3n) is 5.23. The summed E-state index contributed by atoms with van der Waals surface area (Å²) >= 11 is 0. The zero-order valence-corrected chi connectivity index (χ0v) is 19.3. The first-order valence-corrected chi connectivity index (χ1v) is 10.9. The van der Waals surface area contributed by atoms with Crippen LogP contribution in [0.1, 0.15) is 36.8 Å². The number of pyridine rings is 3. The van der Waals surface area contributed by atoms with E-state index in [1.807, 2.05) is 24.3 Å². The van der Waals surface area contributed by atoms with Crippen LogP contribution in [0.25, 0.3) is 11.0 Å². The normalized spacial score (nSPS) is 12.2. The second-order valence-electron chi connectivity index (χ2n) is 8.04. The molecule has 0 aromatic carbocycles. The van der Waals surface area contributed by atoms with Gasteiger partial charge in [0.15, 0.2) is 5.82 Å². The number of hydrogen-bond acceptors (Lipinski definition) is 9. The van der Waals surface area contributed by atoms with Crippen LogP contribution in [0.4, 0.5) is 11.6 Å². The lowest BCUT2D eigenvalue weighted by Gasteiger charge is -2.15. The number of aromatic nitrogens is 5. The minimum atomic E-state index is -0.379. The van der Waals surface area contributed by atoms with E-state index in [0.717, 1.165) is 16.6 Å². The molecule has 9 heteroatoms. The molecule has 4 rings (SSSR count). The summed E-state index contributed by atoms with van der Waals surface area (Å²) in [6.45, 7) is 4.34. The van der Waals surface area contributed by atoms with Crippen LogP contribution < -0.4 is 10.1 Å². The van der Waals surface area contributed by atoms with Gasteiger partial charge in [0.05, 0.1) is 28.9 Å². The molecule has 0 saturated heterocycles. The molecule has 2 N–H and O–H groups in total. The van der Waals surface area contributed by atoms with Gasteiger partial charge in [-0.05, 0) is 53.4 Å². The van der Waals surface area contributed by atoms with Gasteiger partial charge in [-0.3, -0.25) is 15.0 Å². The fourth-order valence-corrected chi connectivity index (χ4v) is 3.36. The number of hydrogen-bond donors (Lipinski definition) is 2. The minimum Gasteiger partial charge on any atom is -0.488 e. The predicted molar refractivity (Wildman–Crippen MR) is 134 cm³/mol. The molecule has 0 saturated carbocycles. The third-order valence-corrected chi connectivity index (χ3v) is 5.23. The van der Waals surface area contributed by atoms with Crippen LogP contribution in [0, 0.1) is 5.41 Å². The van der Waals surface area contributed by atoms with Crippen LogP contribution in [0.2, 0.25) is 0 Å². The summed E-state index contributed by atoms with van der Waals surface area (Å²) < 4.78 is 5.73. The molecule has 0 bridgehead atoms. The zero-order chi connectivity index (χ0) is 23.9. The van der Waals surface area contributed by atoms with Crippen LogP contribution in [0.15, 0.2) is 66.2 Å². The molecule has 4 aromatic rings. The average molecular weight is 455 g/mol. The number of aliphatic imine (C=N–C) groups is 1. The van der Waals surface area contributed by atoms with Crippen molar-refractivity contribution in [3.05, 3.63) is 72.3 Å². The molecule has 4 aromatic heterocycles. The van der Waals surface area contributed by atoms with Gasteiger partial charge in [-0.1, -0.05) is 13.8 Å². The van der Waals surface area contributed by atoms with Crippen molar-refractivity contribution in [3.8, 4) is 5.75 Å². The molecule has 0 aliphatic rings. The number of fused-ring (bicyclic) bond motifs is 1. The summed E-state index contributed by atoms with van der Waals surface area (Å²) in [5.74, 6) is 1.90. The van der Waals surface area contributed by atoms with Crippen molar-refractivity contribution in [2.75, 3.05) is 19.0 Å². The van der Waals surface area contributed by atoms with Crippen molar-refractivity contribution in [1.82, 2.24) is 25.1 Å². The fourth-order valence-electron chi connectivity index (χ4n) is 3.36. The van der Waals surface area contributed by atoms with Gasteiger partial charge in [-0.2, -0.15) is 5.10 Å². The van der Waals surface area contributed by atoms with Crippen LogP contribution in [-0.4, -0.2) is 50.7 Å². The van der Waals surface area contributed by atoms with Crippen LogP contribution in [-0.2, 0) is 0 Å². The van der Waals surface area contributed by atoms with Crippen LogP contribution in [0.3, 0.4) is 0 Å². The predicted octanol–water partition coefficient (Wildman–Crippen LogP) is 4.56. The van der Waals surface area contributed by atoms with E-state index >= 15 is 0 Å². The standard InChI is InChI=1S/C25H26N8O/c1-16(2)17-11-25(33-30-13-17)32-24-5-4-22-23(31-24)10-18(12-29-22)20(14-27-3)21(26)15-34-19-6-8-28-9-7-19/h4-14,16,20,26H,15H2,1-3H3,(H,31,32,33). The third kappa shape index (κ3) is 5.55. The highest BCUT2D eigenvalue weighted by molar-refractivity contribution is 6.03. The van der Waals surface area contributed by atoms with E-state index in [4.69, 9.17) is 15.1 Å². The van der Waals surface area contributed by atoms with Crippen molar-refractivity contribution >= 4 is 34.6 Å². The maximum Gasteiger partial charge on any atom is 0.154 e. The highest BCUT2D eigenvalue weighted by Crippen LogP contribution is 2.23. The van der Waals surface area contributed by atoms with Crippen molar-refractivity contribution in [1.29, 1.82) is 5.41 Å². The van der Waals surface area contributed by atoms with E-state index in [1.54, 1.807) is 50.2 Å². The van der Waals surface area contributed by atoms with Crippen molar-refractivity contribution in [2.24, 2.45) is 4.99 Å². The molecule has 34 heavy (non-hydrogen) atoms. The lowest BCUT2D eigenvalue weighted by molar-refractivity contribution is 0.373. The number of nitrogens with zero attached hydrogens (tertiary/aromatic N) is 6. The molecule has 1 atom stereocenters. The van der Waals surface area contributed by atoms with Gasteiger partial charge in [-0.25, -0.2) is 4.98 Å². The largest absolute Gasteiger partial charge is 0.488 e. The van der Waals surface area contributed by atoms with Gasteiger partial charge in [0.1, 0.15) is 18.2 Å². The Labute approximate surface area is 197 Å². The summed E-state index contributed by atoms with van der Waals surface area (Å²) in [4.78, 5) is 17.4. The lowest BCUT2D eigenvalue weighted by atomic mass is 9.96. The first kappa shape index (κ1) is 22.9. The van der Waals surface area contributed by atoms with E-state index in [9.17, 15) is 0 Å². The molecule has 0 aliphatic heterocycles. The highest BCUT2D eigenvalue weighted by Gasteiger charge is 2.17. The molecule has 1 unspecified atom stereocenters. The van der Waals surface area contributed by atoms with Crippen LogP contribution >= 0.6 is 0 Å². The first-order chi connectivity index (χ1) is 16.5. The quantitative estimate of drug-likeness (QED) is 0.355. The van der Waals surface area contributed by atoms with E-state index < -0.39 is 0 Å². The van der Waals surface area contributed by atoms with Gasteiger partial charge in [0.25, 0.3) is 0 Å². The second-order valence-corrected chi connectivity index (χ2v) is 8.04. The minimum absolute atomic E-state index is 0.124. The average Bonchev–Trinajstić information content (AvgIpc) is 2.86. The smallest absolute Gasteiger partial charge is 0.154 e. The molecule has 172 valence electrons. The molecule has 0 radical (unpaired) electrons. The van der Waals surface area contributed by atoms with Gasteiger partial charge in [0.2, 0.25) is 0 Å². The van der Waals surface area contributed by atoms with Gasteiger partial charge < -0.3 is 15.5 Å². The molecule has 0 aliphatic carbocycles. The van der Waals surface area contributed by atoms with Crippen molar-refractivity contribution in [2.45, 2.75) is 25.7 Å². The topological polar surface area (TPSA) is 122 Å². The van der Waals surface area contributed by atoms with E-state index in [0.29, 0.717) is 34.5 Å². The van der Waals surface area contributed by atoms with Crippen LogP contribution in [0.5, 0.6) is 5.75 Å². The Kier molecular flexibility index (Phi) is 7.12. The first-order valence-electron chi connectivity index (χ1n) is 10.9. The Morgan fingerprint density at radius 2 is 1.88 bits per heavy atom. The fraction of sp³-hybridized carbons (Fsp3) is 0.240. The highest BCUT2D eigenvalue weighted by atomic mass is 16.5. The second kappa shape index (κ2) is 10.6. The summed E-state index contributed by atoms with van der Waals surface area (Å²) in [6.07, 6.45) is 8.54. The Balaban J connectivity index is 1.56. The molecule has 9 nitrogen and oxygen atoms in total. The van der Waals surface area contributed by atoms with Crippen molar-refractivity contribution < 1.29 is 4.74 Å². The number of anilines is 2. The molecule has 4 heterocycles. The van der Waals surface area contributed by atoms with Gasteiger partial charge in [0, 0.05) is 31.9 Å². The molecule has 0 spiro atoms. The Bertz CT molecular complexity index is 1310. The van der Waals surface area contributed by atoms with E-state index in [1.165, 1.54) is 0 Å². The summed E-state index contributed by atoms with van der Waals surface area (Å²) in [7, 11) is 1.69. The Hall–Kier alpha value is -4.27. The SMILES string of the molecule is CN=CC(C(=N)COc1ccncc1)c1cnc2ccc(Nc3cc(C(C)C)cnn3)nc2c1. The summed E-state index contributed by atoms with van der Waals surface area (Å²) in [5.41, 5.74) is 3.72. The van der Waals surface area contributed by atoms with Gasteiger partial charge in [-0.15, -0.1) is 5.10 Å². The summed E-state index contributed by atoms with van der Waals surface area (Å²) in [6, 6.07) is 11.2. The number of ether oxygens (including phenoxy) is 1. The molecule has 0 amide bonds. The Morgan fingerprint density at radius 3 is 2.65 bits per heavy atom. The maximum atomic E-state index is 8.58. The molecule has 0 fully saturated rings. The van der Waals surface area contributed by atoms with Crippen molar-refractivity contribution in [3.63, 3.8) is 0 Å². The monoisotopic (exact) mass is 454 g/mol. The lowest BCUT2D eigenvalue weighted by Crippen LogP contribution is -2.21. The summed E-state index contributed by atoms with van der Waals surface area (Å²) in [5, 5.41) is 20.0. The van der Waals surface area contributed by atoms with E-state index in [2.05, 4.69) is 44.3 Å². The number of rotatable bonds is 9. The Morgan fingerprint density at radius 1 is 1.06 bits per heavy atom. The molecular weight excluding hydrogens is 428 g/mol. The molecular formula is C25H26N8O. The number of nitrogens with one attached hydrogen (secondary N) is 2. The van der Waals surface area contributed by atoms with Gasteiger partial charge >= 0.3 is 0 Å². The zero-order valence-electron chi connectivity index (χ0n) is 19.3. The van der Waals surface area contributed by atoms with E-state index in [-0.39, 0.29) is 12.5 Å².